The zero-order chi connectivity index (χ0) is 10.6. The second kappa shape index (κ2) is 5.19. The Morgan fingerprint density at radius 1 is 1.07 bits per heavy atom. The maximum atomic E-state index is 3.42. The van der Waals surface area contributed by atoms with Gasteiger partial charge in [-0.15, -0.1) is 0 Å². The number of rotatable bonds is 4. The molecule has 1 rings (SSSR count). The van der Waals surface area contributed by atoms with Crippen molar-refractivity contribution < 1.29 is 0 Å². The van der Waals surface area contributed by atoms with E-state index in [9.17, 15) is 0 Å². The topological polar surface area (TPSA) is 0 Å². The van der Waals surface area contributed by atoms with E-state index in [2.05, 4.69) is 39.8 Å². The Morgan fingerprint density at radius 2 is 1.71 bits per heavy atom. The molecule has 0 N–H and O–H groups in total. The van der Waals surface area contributed by atoms with Crippen molar-refractivity contribution in [2.75, 3.05) is 0 Å². The normalized spacial score (nSPS) is 10.6. The van der Waals surface area contributed by atoms with Crippen LogP contribution in [0.5, 0.6) is 0 Å². The minimum atomic E-state index is 1.21. The van der Waals surface area contributed by atoms with E-state index in [1.165, 1.54) is 36.8 Å². The third kappa shape index (κ3) is 2.60. The lowest BCUT2D eigenvalue weighted by molar-refractivity contribution is 0.851. The maximum absolute atomic E-state index is 3.42. The van der Waals surface area contributed by atoms with Gasteiger partial charge in [0.05, 0.1) is 0 Å². The lowest BCUT2D eigenvalue weighted by Gasteiger charge is -2.12. The molecule has 0 heterocycles. The third-order valence-corrected chi connectivity index (χ3v) is 2.64. The van der Waals surface area contributed by atoms with E-state index >= 15 is 0 Å². The molecule has 0 atom stereocenters. The van der Waals surface area contributed by atoms with E-state index in [0.717, 1.165) is 0 Å². The van der Waals surface area contributed by atoms with Gasteiger partial charge in [-0.1, -0.05) is 32.8 Å². The summed E-state index contributed by atoms with van der Waals surface area (Å²) in [5.41, 5.74) is 5.73. The van der Waals surface area contributed by atoms with Crippen molar-refractivity contribution in [3.63, 3.8) is 0 Å². The monoisotopic (exact) mass is 189 g/mol. The first-order chi connectivity index (χ1) is 6.69. The summed E-state index contributed by atoms with van der Waals surface area (Å²) in [7, 11) is 0. The van der Waals surface area contributed by atoms with Gasteiger partial charge in [-0.05, 0) is 55.0 Å². The third-order valence-electron chi connectivity index (χ3n) is 2.64. The summed E-state index contributed by atoms with van der Waals surface area (Å²) in [4.78, 5) is 0. The Hall–Kier alpha value is -0.780. The van der Waals surface area contributed by atoms with E-state index in [-0.39, 0.29) is 0 Å². The Balaban J connectivity index is 3.07. The Bertz CT molecular complexity index is 297. The molecule has 0 bridgehead atoms. The van der Waals surface area contributed by atoms with Gasteiger partial charge in [0.25, 0.3) is 0 Å². The summed E-state index contributed by atoms with van der Waals surface area (Å²) < 4.78 is 0. The van der Waals surface area contributed by atoms with E-state index in [4.69, 9.17) is 0 Å². The minimum Gasteiger partial charge on any atom is -0.0651 e. The summed E-state index contributed by atoms with van der Waals surface area (Å²) in [5, 5.41) is 0. The van der Waals surface area contributed by atoms with Crippen molar-refractivity contribution in [3.8, 4) is 0 Å². The van der Waals surface area contributed by atoms with Gasteiger partial charge in [0.2, 0.25) is 0 Å². The molecule has 0 heteroatoms. The first kappa shape index (κ1) is 11.3. The van der Waals surface area contributed by atoms with E-state index in [1.54, 1.807) is 11.1 Å². The lowest BCUT2D eigenvalue weighted by Crippen LogP contribution is -1.98. The standard InChI is InChI=1S/C14H21/c1-5-7-13-10-11(3)9-12(4)14(13)8-6-2/h10H,5-8H2,1-4H3. The molecule has 1 radical (unpaired) electrons. The fourth-order valence-electron chi connectivity index (χ4n) is 2.09. The molecule has 0 saturated carbocycles. The van der Waals surface area contributed by atoms with E-state index in [1.807, 2.05) is 0 Å². The van der Waals surface area contributed by atoms with Crippen molar-refractivity contribution in [1.82, 2.24) is 0 Å². The molecule has 0 aliphatic carbocycles. The van der Waals surface area contributed by atoms with Crippen molar-refractivity contribution >= 4 is 0 Å². The fraction of sp³-hybridized carbons (Fsp3) is 0.571. The molecule has 0 aliphatic rings. The zero-order valence-electron chi connectivity index (χ0n) is 9.91. The van der Waals surface area contributed by atoms with Gasteiger partial charge in [-0.3, -0.25) is 0 Å². The van der Waals surface area contributed by atoms with Gasteiger partial charge in [0, 0.05) is 0 Å². The van der Waals surface area contributed by atoms with Crippen LogP contribution >= 0.6 is 0 Å². The van der Waals surface area contributed by atoms with Crippen LogP contribution in [0, 0.1) is 19.9 Å². The molecule has 0 unspecified atom stereocenters. The molecule has 14 heavy (non-hydrogen) atoms. The van der Waals surface area contributed by atoms with Crippen LogP contribution in [-0.4, -0.2) is 0 Å². The molecule has 0 aliphatic heterocycles. The lowest BCUT2D eigenvalue weighted by atomic mass is 9.93. The Morgan fingerprint density at radius 3 is 2.29 bits per heavy atom. The molecule has 1 aromatic rings. The van der Waals surface area contributed by atoms with Crippen LogP contribution in [0.3, 0.4) is 0 Å². The molecule has 0 aromatic heterocycles. The average Bonchev–Trinajstić information content (AvgIpc) is 2.11. The highest BCUT2D eigenvalue weighted by Gasteiger charge is 2.05. The summed E-state index contributed by atoms with van der Waals surface area (Å²) in [6.45, 7) is 8.82. The van der Waals surface area contributed by atoms with Crippen LogP contribution in [0.1, 0.15) is 48.9 Å². The van der Waals surface area contributed by atoms with Crippen LogP contribution in [0.4, 0.5) is 0 Å². The van der Waals surface area contributed by atoms with Crippen LogP contribution in [0.25, 0.3) is 0 Å². The van der Waals surface area contributed by atoms with Gasteiger partial charge in [0.1, 0.15) is 0 Å². The molecule has 1 aromatic carbocycles. The van der Waals surface area contributed by atoms with Gasteiger partial charge < -0.3 is 0 Å². The van der Waals surface area contributed by atoms with Crippen molar-refractivity contribution in [2.45, 2.75) is 53.4 Å². The average molecular weight is 189 g/mol. The molecule has 0 spiro atoms. The zero-order valence-corrected chi connectivity index (χ0v) is 9.91. The predicted octanol–water partition coefficient (Wildman–Crippen LogP) is 4.01. The highest BCUT2D eigenvalue weighted by Crippen LogP contribution is 2.19. The largest absolute Gasteiger partial charge is 0.0651 e. The molecule has 77 valence electrons. The van der Waals surface area contributed by atoms with Crippen LogP contribution in [0.15, 0.2) is 6.07 Å². The highest BCUT2D eigenvalue weighted by atomic mass is 14.1. The van der Waals surface area contributed by atoms with Crippen molar-refractivity contribution in [1.29, 1.82) is 0 Å². The summed E-state index contributed by atoms with van der Waals surface area (Å²) >= 11 is 0. The maximum Gasteiger partial charge on any atom is -0.0117 e. The van der Waals surface area contributed by atoms with Gasteiger partial charge in [-0.2, -0.15) is 0 Å². The Kier molecular flexibility index (Phi) is 4.19. The first-order valence-electron chi connectivity index (χ1n) is 5.70. The highest BCUT2D eigenvalue weighted by molar-refractivity contribution is 5.37. The molecule has 0 saturated heterocycles. The summed E-state index contributed by atoms with van der Waals surface area (Å²) in [6, 6.07) is 5.73. The van der Waals surface area contributed by atoms with Gasteiger partial charge >= 0.3 is 0 Å². The number of hydrogen-bond donors (Lipinski definition) is 0. The van der Waals surface area contributed by atoms with Gasteiger partial charge in [0.15, 0.2) is 0 Å². The number of hydrogen-bond acceptors (Lipinski definition) is 0. The van der Waals surface area contributed by atoms with E-state index < -0.39 is 0 Å². The minimum absolute atomic E-state index is 1.21. The molecule has 0 amide bonds. The predicted molar refractivity (Wildman–Crippen MR) is 62.7 cm³/mol. The summed E-state index contributed by atoms with van der Waals surface area (Å²) in [6.07, 6.45) is 4.89. The fourth-order valence-corrected chi connectivity index (χ4v) is 2.09. The van der Waals surface area contributed by atoms with Gasteiger partial charge in [-0.25, -0.2) is 0 Å². The number of benzene rings is 1. The second-order valence-electron chi connectivity index (χ2n) is 4.08. The Labute approximate surface area is 88.4 Å². The SMILES string of the molecule is CCCc1cc(C)[c]c(C)c1CCC. The van der Waals surface area contributed by atoms with E-state index in [0.29, 0.717) is 0 Å². The molecule has 0 fully saturated rings. The van der Waals surface area contributed by atoms with Crippen LogP contribution < -0.4 is 0 Å². The molecular weight excluding hydrogens is 168 g/mol. The van der Waals surface area contributed by atoms with Crippen LogP contribution in [0.2, 0.25) is 0 Å². The van der Waals surface area contributed by atoms with Crippen molar-refractivity contribution in [3.05, 3.63) is 34.4 Å². The number of aryl methyl sites for hydroxylation is 3. The molecule has 0 nitrogen and oxygen atoms in total. The van der Waals surface area contributed by atoms with Crippen molar-refractivity contribution in [2.24, 2.45) is 0 Å². The summed E-state index contributed by atoms with van der Waals surface area (Å²) in [5.74, 6) is 0. The first-order valence-corrected chi connectivity index (χ1v) is 5.70. The second-order valence-corrected chi connectivity index (χ2v) is 4.08. The smallest absolute Gasteiger partial charge is 0.0117 e. The van der Waals surface area contributed by atoms with Crippen LogP contribution in [-0.2, 0) is 12.8 Å². The molecular formula is C14H21. The quantitative estimate of drug-likeness (QED) is 0.671.